The van der Waals surface area contributed by atoms with Gasteiger partial charge in [0.05, 0.1) is 17.9 Å². The van der Waals surface area contributed by atoms with Gasteiger partial charge in [0.2, 0.25) is 11.8 Å². The molecule has 0 spiro atoms. The van der Waals surface area contributed by atoms with Crippen molar-refractivity contribution < 1.29 is 19.1 Å². The van der Waals surface area contributed by atoms with Gasteiger partial charge in [0.25, 0.3) is 0 Å². The van der Waals surface area contributed by atoms with Gasteiger partial charge in [0, 0.05) is 11.7 Å². The lowest BCUT2D eigenvalue weighted by Gasteiger charge is -2.27. The number of anilines is 2. The highest BCUT2D eigenvalue weighted by Gasteiger charge is 2.59. The number of esters is 1. The van der Waals surface area contributed by atoms with Crippen LogP contribution in [0.1, 0.15) is 42.6 Å². The van der Waals surface area contributed by atoms with Crippen LogP contribution >= 0.6 is 0 Å². The first kappa shape index (κ1) is 19.2. The highest BCUT2D eigenvalue weighted by molar-refractivity contribution is 6.19. The van der Waals surface area contributed by atoms with Gasteiger partial charge in [0.1, 0.15) is 5.41 Å². The van der Waals surface area contributed by atoms with E-state index >= 15 is 0 Å². The molecule has 1 unspecified atom stereocenters. The second-order valence-corrected chi connectivity index (χ2v) is 7.66. The predicted octanol–water partition coefficient (Wildman–Crippen LogP) is 3.56. The molecule has 150 valence electrons. The van der Waals surface area contributed by atoms with Gasteiger partial charge in [-0.3, -0.25) is 9.59 Å². The lowest BCUT2D eigenvalue weighted by Crippen LogP contribution is -2.45. The Hall–Kier alpha value is -3.15. The Labute approximate surface area is 169 Å². The molecule has 0 saturated heterocycles. The van der Waals surface area contributed by atoms with Gasteiger partial charge >= 0.3 is 5.97 Å². The van der Waals surface area contributed by atoms with Crippen LogP contribution in [-0.4, -0.2) is 30.4 Å². The largest absolute Gasteiger partial charge is 0.462 e. The molecule has 1 saturated carbocycles. The van der Waals surface area contributed by atoms with Crippen LogP contribution in [0.4, 0.5) is 11.4 Å². The van der Waals surface area contributed by atoms with Crippen LogP contribution in [0.2, 0.25) is 0 Å². The fraction of sp³-hybridized carbons (Fsp3) is 0.348. The maximum absolute atomic E-state index is 13.4. The Morgan fingerprint density at radius 2 is 1.79 bits per heavy atom. The normalized spacial score (nSPS) is 18.7. The van der Waals surface area contributed by atoms with Crippen molar-refractivity contribution in [3.8, 4) is 0 Å². The molecule has 6 nitrogen and oxygen atoms in total. The third kappa shape index (κ3) is 3.28. The number of benzene rings is 2. The monoisotopic (exact) mass is 392 g/mol. The highest BCUT2D eigenvalue weighted by atomic mass is 16.5. The molecule has 1 fully saturated rings. The maximum atomic E-state index is 13.4. The minimum absolute atomic E-state index is 0.0111. The van der Waals surface area contributed by atoms with E-state index < -0.39 is 11.4 Å². The zero-order chi connectivity index (χ0) is 20.6. The van der Waals surface area contributed by atoms with Crippen molar-refractivity contribution in [3.63, 3.8) is 0 Å². The van der Waals surface area contributed by atoms with Crippen molar-refractivity contribution in [3.05, 3.63) is 59.7 Å². The first-order chi connectivity index (χ1) is 14.0. The minimum Gasteiger partial charge on any atom is -0.462 e. The molecule has 4 rings (SSSR count). The van der Waals surface area contributed by atoms with E-state index in [1.165, 1.54) is 0 Å². The summed E-state index contributed by atoms with van der Waals surface area (Å²) in [4.78, 5) is 40.5. The Kier molecular flexibility index (Phi) is 4.86. The van der Waals surface area contributed by atoms with Crippen LogP contribution in [0, 0.1) is 5.41 Å². The molecular formula is C23H24N2O4. The van der Waals surface area contributed by atoms with E-state index in [1.807, 2.05) is 31.2 Å². The third-order valence-electron chi connectivity index (χ3n) is 5.69. The average molecular weight is 392 g/mol. The number of hydrogen-bond donors (Lipinski definition) is 1. The molecule has 2 amide bonds. The molecule has 1 aliphatic carbocycles. The number of rotatable bonds is 5. The summed E-state index contributed by atoms with van der Waals surface area (Å²) in [5.74, 6) is -1.03. The molecule has 1 heterocycles. The number of hydrogen-bond acceptors (Lipinski definition) is 4. The second-order valence-electron chi connectivity index (χ2n) is 7.66. The molecule has 2 aliphatic rings. The van der Waals surface area contributed by atoms with Gasteiger partial charge in [0.15, 0.2) is 0 Å². The van der Waals surface area contributed by atoms with Gasteiger partial charge in [-0.1, -0.05) is 30.3 Å². The molecule has 1 N–H and O–H groups in total. The standard InChI is InChI=1S/C23H24N2O4/c1-3-29-20(26)17-9-5-6-10-18(17)24-21(27)23(12-13-23)22(28)25-15(2)14-16-8-4-7-11-19(16)25/h4-11,15H,3,12-14H2,1-2H3,(H,24,27). The molecule has 29 heavy (non-hydrogen) atoms. The number of nitrogens with one attached hydrogen (secondary N) is 1. The van der Waals surface area contributed by atoms with Gasteiger partial charge in [-0.25, -0.2) is 4.79 Å². The van der Waals surface area contributed by atoms with E-state index in [4.69, 9.17) is 4.74 Å². The first-order valence-electron chi connectivity index (χ1n) is 9.97. The predicted molar refractivity (Wildman–Crippen MR) is 110 cm³/mol. The van der Waals surface area contributed by atoms with Crippen LogP contribution in [-0.2, 0) is 20.7 Å². The first-order valence-corrected chi connectivity index (χ1v) is 9.97. The fourth-order valence-corrected chi connectivity index (χ4v) is 3.99. The Morgan fingerprint density at radius 3 is 2.52 bits per heavy atom. The van der Waals surface area contributed by atoms with Crippen molar-refractivity contribution in [2.75, 3.05) is 16.8 Å². The van der Waals surface area contributed by atoms with Crippen molar-refractivity contribution in [1.29, 1.82) is 0 Å². The molecule has 2 aromatic rings. The van der Waals surface area contributed by atoms with E-state index in [9.17, 15) is 14.4 Å². The molecule has 0 radical (unpaired) electrons. The summed E-state index contributed by atoms with van der Waals surface area (Å²) >= 11 is 0. The second kappa shape index (κ2) is 7.35. The van der Waals surface area contributed by atoms with E-state index in [0.717, 1.165) is 17.7 Å². The quantitative estimate of drug-likeness (QED) is 0.624. The molecule has 2 aromatic carbocycles. The molecule has 6 heteroatoms. The lowest BCUT2D eigenvalue weighted by atomic mass is 10.0. The van der Waals surface area contributed by atoms with Crippen molar-refractivity contribution >= 4 is 29.2 Å². The van der Waals surface area contributed by atoms with Crippen LogP contribution < -0.4 is 10.2 Å². The summed E-state index contributed by atoms with van der Waals surface area (Å²) in [5.41, 5.74) is 1.58. The van der Waals surface area contributed by atoms with E-state index in [2.05, 4.69) is 5.32 Å². The number of nitrogens with zero attached hydrogens (tertiary/aromatic N) is 1. The number of carbonyl (C=O) groups is 3. The third-order valence-corrected chi connectivity index (χ3v) is 5.69. The smallest absolute Gasteiger partial charge is 0.340 e. The molecule has 0 aromatic heterocycles. The minimum atomic E-state index is -1.08. The van der Waals surface area contributed by atoms with Crippen LogP contribution in [0.5, 0.6) is 0 Å². The highest BCUT2D eigenvalue weighted by Crippen LogP contribution is 2.50. The Bertz CT molecular complexity index is 980. The SMILES string of the molecule is CCOC(=O)c1ccccc1NC(=O)C1(C(=O)N2c3ccccc3CC2C)CC1. The van der Waals surface area contributed by atoms with Crippen LogP contribution in [0.25, 0.3) is 0 Å². The topological polar surface area (TPSA) is 75.7 Å². The number of para-hydroxylation sites is 2. The van der Waals surface area contributed by atoms with Crippen molar-refractivity contribution in [2.45, 2.75) is 39.2 Å². The zero-order valence-electron chi connectivity index (χ0n) is 16.6. The molecular weight excluding hydrogens is 368 g/mol. The van der Waals surface area contributed by atoms with Crippen LogP contribution in [0.15, 0.2) is 48.5 Å². The summed E-state index contributed by atoms with van der Waals surface area (Å²) in [6.45, 7) is 3.98. The maximum Gasteiger partial charge on any atom is 0.340 e. The van der Waals surface area contributed by atoms with E-state index in [0.29, 0.717) is 18.5 Å². The summed E-state index contributed by atoms with van der Waals surface area (Å²) in [6.07, 6.45) is 1.79. The summed E-state index contributed by atoms with van der Waals surface area (Å²) in [5, 5.41) is 2.81. The zero-order valence-corrected chi connectivity index (χ0v) is 16.6. The van der Waals surface area contributed by atoms with Gasteiger partial charge in [-0.2, -0.15) is 0 Å². The van der Waals surface area contributed by atoms with Crippen molar-refractivity contribution in [2.24, 2.45) is 5.41 Å². The number of amides is 2. The summed E-state index contributed by atoms with van der Waals surface area (Å²) in [6, 6.07) is 14.5. The number of carbonyl (C=O) groups excluding carboxylic acids is 3. The van der Waals surface area contributed by atoms with Crippen molar-refractivity contribution in [1.82, 2.24) is 0 Å². The Morgan fingerprint density at radius 1 is 1.10 bits per heavy atom. The number of ether oxygens (including phenoxy) is 1. The molecule has 1 atom stereocenters. The number of fused-ring (bicyclic) bond motifs is 1. The van der Waals surface area contributed by atoms with E-state index in [-0.39, 0.29) is 30.0 Å². The van der Waals surface area contributed by atoms with Crippen LogP contribution in [0.3, 0.4) is 0 Å². The fourth-order valence-electron chi connectivity index (χ4n) is 3.99. The average Bonchev–Trinajstić information content (AvgIpc) is 3.46. The molecule has 0 bridgehead atoms. The van der Waals surface area contributed by atoms with E-state index in [1.54, 1.807) is 36.1 Å². The molecule has 1 aliphatic heterocycles. The summed E-state index contributed by atoms with van der Waals surface area (Å²) < 4.78 is 5.07. The van der Waals surface area contributed by atoms with Gasteiger partial charge in [-0.15, -0.1) is 0 Å². The Balaban J connectivity index is 1.57. The van der Waals surface area contributed by atoms with Gasteiger partial charge < -0.3 is 15.0 Å². The lowest BCUT2D eigenvalue weighted by molar-refractivity contribution is -0.132. The summed E-state index contributed by atoms with van der Waals surface area (Å²) in [7, 11) is 0. The van der Waals surface area contributed by atoms with Gasteiger partial charge in [-0.05, 0) is 56.9 Å².